The number of carbonyl (C=O) groups is 1. The fraction of sp³-hybridized carbons (Fsp3) is 0.231. The number of carbonyl (C=O) groups excluding carboxylic acids is 1. The second-order valence-electron chi connectivity index (χ2n) is 9.30. The summed E-state index contributed by atoms with van der Waals surface area (Å²) in [5, 5.41) is 2.52. The maximum Gasteiger partial charge on any atom is 0.263 e. The maximum absolute atomic E-state index is 15.1. The highest BCUT2D eigenvalue weighted by molar-refractivity contribution is 7.92. The predicted octanol–water partition coefficient (Wildman–Crippen LogP) is 3.62. The molecule has 0 fully saturated rings. The van der Waals surface area contributed by atoms with Crippen molar-refractivity contribution in [3.63, 3.8) is 0 Å². The topological polar surface area (TPSA) is 132 Å². The van der Waals surface area contributed by atoms with Crippen molar-refractivity contribution in [3.05, 3.63) is 75.9 Å². The lowest BCUT2D eigenvalue weighted by Crippen LogP contribution is -2.38. The largest absolute Gasteiger partial charge is 0.480 e. The van der Waals surface area contributed by atoms with Gasteiger partial charge in [0.05, 0.1) is 29.3 Å². The van der Waals surface area contributed by atoms with E-state index in [9.17, 15) is 22.4 Å². The molecule has 4 aromatic rings. The Bertz CT molecular complexity index is 1780. The average molecular weight is 592 g/mol. The third-order valence-electron chi connectivity index (χ3n) is 6.08. The number of ether oxygens (including phenoxy) is 1. The fourth-order valence-corrected chi connectivity index (χ4v) is 5.75. The molecule has 2 aromatic heterocycles. The summed E-state index contributed by atoms with van der Waals surface area (Å²) in [6.45, 7) is 1.98. The minimum absolute atomic E-state index is 0.00687. The summed E-state index contributed by atoms with van der Waals surface area (Å²) in [6, 6.07) is 6.69. The number of rotatable bonds is 10. The fourth-order valence-electron chi connectivity index (χ4n) is 4.17. The average Bonchev–Trinajstić information content (AvgIpc) is 2.90. The van der Waals surface area contributed by atoms with Crippen LogP contribution in [0.5, 0.6) is 5.88 Å². The van der Waals surface area contributed by atoms with Gasteiger partial charge in [-0.3, -0.25) is 14.1 Å². The molecule has 0 aliphatic carbocycles. The molecule has 0 unspecified atom stereocenters. The van der Waals surface area contributed by atoms with E-state index in [0.29, 0.717) is 6.54 Å². The highest BCUT2D eigenvalue weighted by Crippen LogP contribution is 2.33. The zero-order valence-electron chi connectivity index (χ0n) is 21.5. The summed E-state index contributed by atoms with van der Waals surface area (Å²) in [7, 11) is -1.36. The molecule has 2 heterocycles. The van der Waals surface area contributed by atoms with Crippen LogP contribution in [-0.4, -0.2) is 49.9 Å². The molecule has 0 aliphatic rings. The van der Waals surface area contributed by atoms with E-state index in [2.05, 4.69) is 20.0 Å². The maximum atomic E-state index is 15.1. The number of aromatic nitrogens is 3. The summed E-state index contributed by atoms with van der Waals surface area (Å²) < 4.78 is 63.3. The third-order valence-corrected chi connectivity index (χ3v) is 7.93. The van der Waals surface area contributed by atoms with E-state index < -0.39 is 32.6 Å². The molecule has 0 spiro atoms. The zero-order valence-corrected chi connectivity index (χ0v) is 23.1. The van der Waals surface area contributed by atoms with Gasteiger partial charge in [0, 0.05) is 24.8 Å². The van der Waals surface area contributed by atoms with Crippen molar-refractivity contribution in [1.29, 1.82) is 0 Å². The molecule has 10 nitrogen and oxygen atoms in total. The van der Waals surface area contributed by atoms with E-state index in [4.69, 9.17) is 16.3 Å². The lowest BCUT2D eigenvalue weighted by atomic mass is 9.92. The molecule has 0 radical (unpaired) electrons. The van der Waals surface area contributed by atoms with Gasteiger partial charge in [-0.15, -0.1) is 0 Å². The van der Waals surface area contributed by atoms with E-state index in [1.165, 1.54) is 36.3 Å². The molecule has 0 saturated carbocycles. The Balaban J connectivity index is 1.79. The number of hydrogen-bond acceptors (Lipinski definition) is 8. The molecular weight excluding hydrogens is 568 g/mol. The van der Waals surface area contributed by atoms with Crippen LogP contribution < -0.4 is 20.3 Å². The van der Waals surface area contributed by atoms with Gasteiger partial charge in [-0.25, -0.2) is 27.2 Å². The Kier molecular flexibility index (Phi) is 8.19. The minimum Gasteiger partial charge on any atom is -0.480 e. The Hall–Kier alpha value is -3.94. The first-order valence-corrected chi connectivity index (χ1v) is 13.6. The number of halogens is 3. The molecule has 0 amide bonds. The van der Waals surface area contributed by atoms with E-state index in [0.717, 1.165) is 30.6 Å². The van der Waals surface area contributed by atoms with Gasteiger partial charge in [0.2, 0.25) is 5.88 Å². The molecule has 4 rings (SSSR count). The summed E-state index contributed by atoms with van der Waals surface area (Å²) in [6.07, 6.45) is 3.24. The van der Waals surface area contributed by atoms with Crippen LogP contribution in [0.15, 0.2) is 58.6 Å². The molecule has 0 aliphatic heterocycles. The molecule has 0 saturated heterocycles. The lowest BCUT2D eigenvalue weighted by molar-refractivity contribution is -0.115. The SMILES string of the molecule is CNC[C@@](C)(C=O)Cn1cnc2c(F)cc(-c3cnc(OC)c(NS(=O)(=O)c4ccc(F)cc4Cl)c3)cc2c1=O. The minimum atomic E-state index is -4.31. The summed E-state index contributed by atoms with van der Waals surface area (Å²) >= 11 is 5.94. The van der Waals surface area contributed by atoms with Crippen molar-refractivity contribution in [3.8, 4) is 17.0 Å². The number of fused-ring (bicyclic) bond motifs is 1. The van der Waals surface area contributed by atoms with Crippen LogP contribution in [0.1, 0.15) is 6.92 Å². The van der Waals surface area contributed by atoms with E-state index in [1.807, 2.05) is 0 Å². The lowest BCUT2D eigenvalue weighted by Gasteiger charge is -2.23. The standard InChI is InChI=1S/C26H24ClF2N5O5S/c1-26(13-35,11-30-2)12-34-14-32-23-18(25(34)36)6-15(7-20(23)29)16-8-21(24(39-3)31-10-16)33-40(37,38)22-5-4-17(28)9-19(22)27/h4-10,13-14,30,33H,11-12H2,1-3H3/t26-/m1/s1. The van der Waals surface area contributed by atoms with Crippen LogP contribution in [0, 0.1) is 17.0 Å². The highest BCUT2D eigenvalue weighted by Gasteiger charge is 2.25. The molecule has 40 heavy (non-hydrogen) atoms. The third kappa shape index (κ3) is 5.81. The first-order chi connectivity index (χ1) is 18.9. The Morgan fingerprint density at radius 3 is 2.55 bits per heavy atom. The summed E-state index contributed by atoms with van der Waals surface area (Å²) in [4.78, 5) is 32.8. The van der Waals surface area contributed by atoms with Crippen molar-refractivity contribution in [2.45, 2.75) is 18.4 Å². The number of anilines is 1. The van der Waals surface area contributed by atoms with Crippen LogP contribution in [0.3, 0.4) is 0 Å². The molecular formula is C26H24ClF2N5O5S. The highest BCUT2D eigenvalue weighted by atomic mass is 35.5. The number of nitrogens with one attached hydrogen (secondary N) is 2. The van der Waals surface area contributed by atoms with Gasteiger partial charge in [0.25, 0.3) is 15.6 Å². The van der Waals surface area contributed by atoms with E-state index in [-0.39, 0.29) is 50.1 Å². The zero-order chi connectivity index (χ0) is 29.2. The van der Waals surface area contributed by atoms with Crippen LogP contribution in [-0.2, 0) is 21.4 Å². The van der Waals surface area contributed by atoms with Gasteiger partial charge >= 0.3 is 0 Å². The summed E-state index contributed by atoms with van der Waals surface area (Å²) in [5.74, 6) is -1.61. The molecule has 210 valence electrons. The quantitative estimate of drug-likeness (QED) is 0.267. The number of nitrogens with zero attached hydrogens (tertiary/aromatic N) is 3. The van der Waals surface area contributed by atoms with Crippen LogP contribution in [0.2, 0.25) is 5.02 Å². The molecule has 2 aromatic carbocycles. The number of benzene rings is 2. The second kappa shape index (κ2) is 11.3. The number of aldehydes is 1. The van der Waals surface area contributed by atoms with Gasteiger partial charge < -0.3 is 14.8 Å². The number of hydrogen-bond donors (Lipinski definition) is 2. The van der Waals surface area contributed by atoms with E-state index in [1.54, 1.807) is 14.0 Å². The molecule has 2 N–H and O–H groups in total. The number of sulfonamides is 1. The number of methoxy groups -OCH3 is 1. The van der Waals surface area contributed by atoms with E-state index >= 15 is 4.39 Å². The number of pyridine rings is 1. The Morgan fingerprint density at radius 1 is 1.15 bits per heavy atom. The van der Waals surface area contributed by atoms with Gasteiger partial charge in [-0.2, -0.15) is 0 Å². The van der Waals surface area contributed by atoms with Crippen molar-refractivity contribution in [2.75, 3.05) is 25.4 Å². The monoisotopic (exact) mass is 591 g/mol. The van der Waals surface area contributed by atoms with Gasteiger partial charge in [-0.1, -0.05) is 11.6 Å². The molecule has 14 heteroatoms. The van der Waals surface area contributed by atoms with Crippen LogP contribution in [0.4, 0.5) is 14.5 Å². The van der Waals surface area contributed by atoms with Gasteiger partial charge in [0.1, 0.15) is 34.0 Å². The van der Waals surface area contributed by atoms with Crippen LogP contribution >= 0.6 is 11.6 Å². The second-order valence-corrected chi connectivity index (χ2v) is 11.4. The van der Waals surface area contributed by atoms with Gasteiger partial charge in [0.15, 0.2) is 0 Å². The molecule has 1 atom stereocenters. The first-order valence-electron chi connectivity index (χ1n) is 11.7. The van der Waals surface area contributed by atoms with Crippen molar-refractivity contribution in [2.24, 2.45) is 5.41 Å². The Labute approximate surface area is 233 Å². The smallest absolute Gasteiger partial charge is 0.263 e. The Morgan fingerprint density at radius 2 is 1.90 bits per heavy atom. The van der Waals surface area contributed by atoms with Crippen molar-refractivity contribution >= 4 is 44.5 Å². The van der Waals surface area contributed by atoms with Gasteiger partial charge in [-0.05, 0) is 55.9 Å². The predicted molar refractivity (Wildman–Crippen MR) is 146 cm³/mol. The van der Waals surface area contributed by atoms with Crippen LogP contribution in [0.25, 0.3) is 22.0 Å². The van der Waals surface area contributed by atoms with Crippen molar-refractivity contribution in [1.82, 2.24) is 19.9 Å². The molecule has 0 bridgehead atoms. The first kappa shape index (κ1) is 29.1. The van der Waals surface area contributed by atoms with Crippen molar-refractivity contribution < 1.29 is 26.7 Å². The normalized spacial score (nSPS) is 13.2. The summed E-state index contributed by atoms with van der Waals surface area (Å²) in [5.41, 5.74) is -1.32.